The third-order valence-corrected chi connectivity index (χ3v) is 6.65. The number of anilines is 2. The molecule has 6 rings (SSSR count). The van der Waals surface area contributed by atoms with Crippen LogP contribution in [0.1, 0.15) is 36.9 Å². The molecule has 0 atom stereocenters. The minimum atomic E-state index is 0.165. The van der Waals surface area contributed by atoms with Crippen LogP contribution in [0.5, 0.6) is 0 Å². The van der Waals surface area contributed by atoms with Crippen LogP contribution in [-0.4, -0.2) is 56.9 Å². The number of nitrogens with one attached hydrogen (secondary N) is 2. The van der Waals surface area contributed by atoms with Gasteiger partial charge < -0.3 is 15.5 Å². The number of aromatic nitrogens is 4. The van der Waals surface area contributed by atoms with Crippen molar-refractivity contribution < 1.29 is 4.79 Å². The summed E-state index contributed by atoms with van der Waals surface area (Å²) in [4.78, 5) is 32.8. The summed E-state index contributed by atoms with van der Waals surface area (Å²) in [6.07, 6.45) is 8.94. The largest absolute Gasteiger partial charge is 0.356 e. The van der Waals surface area contributed by atoms with Crippen LogP contribution in [0.25, 0.3) is 11.4 Å². The molecular weight excluding hydrogens is 426 g/mol. The zero-order chi connectivity index (χ0) is 23.2. The lowest BCUT2D eigenvalue weighted by Gasteiger charge is -2.31. The molecule has 2 aromatic heterocycles. The number of hydrogen-bond acceptors (Lipinski definition) is 7. The molecule has 1 amide bonds. The first-order valence-corrected chi connectivity index (χ1v) is 12.2. The summed E-state index contributed by atoms with van der Waals surface area (Å²) in [7, 11) is 0. The van der Waals surface area contributed by atoms with E-state index in [9.17, 15) is 4.79 Å². The van der Waals surface area contributed by atoms with Crippen molar-refractivity contribution >= 4 is 17.5 Å². The van der Waals surface area contributed by atoms with Crippen molar-refractivity contribution in [1.29, 1.82) is 0 Å². The van der Waals surface area contributed by atoms with Gasteiger partial charge in [0.25, 0.3) is 0 Å². The average Bonchev–Trinajstić information content (AvgIpc) is 2.85. The van der Waals surface area contributed by atoms with Crippen molar-refractivity contribution in [3.8, 4) is 11.4 Å². The van der Waals surface area contributed by atoms with Gasteiger partial charge in [-0.25, -0.2) is 9.97 Å². The highest BCUT2D eigenvalue weighted by Gasteiger charge is 2.21. The highest BCUT2D eigenvalue weighted by molar-refractivity contribution is 5.76. The minimum absolute atomic E-state index is 0.165. The molecule has 0 radical (unpaired) electrons. The van der Waals surface area contributed by atoms with Gasteiger partial charge in [0.1, 0.15) is 6.33 Å². The summed E-state index contributed by atoms with van der Waals surface area (Å²) < 4.78 is 0. The molecule has 0 unspecified atom stereocenters. The molecule has 176 valence electrons. The van der Waals surface area contributed by atoms with Gasteiger partial charge in [0.05, 0.1) is 0 Å². The fourth-order valence-corrected chi connectivity index (χ4v) is 4.76. The summed E-state index contributed by atoms with van der Waals surface area (Å²) in [5.74, 6) is 1.78. The number of piperidine rings is 1. The Morgan fingerprint density at radius 3 is 2.79 bits per heavy atom. The van der Waals surface area contributed by atoms with Gasteiger partial charge >= 0.3 is 0 Å². The molecule has 1 fully saturated rings. The van der Waals surface area contributed by atoms with Gasteiger partial charge in [-0.2, -0.15) is 4.98 Å². The number of benzene rings is 1. The molecule has 0 saturated carbocycles. The van der Waals surface area contributed by atoms with E-state index in [4.69, 9.17) is 0 Å². The standard InChI is InChI=1S/C26H31N7O/c34-24-16-20-8-13-33(14-9-20)12-2-5-22-17-21(7-11-27-22)25-29-18-30-26(32-25)31-23-4-1-3-19(15-23)6-10-28-24/h1,3-4,7,11,15,17-18,20H,2,5-6,8-10,12-14,16H2,(H,28,34)(H,29,30,31,32). The van der Waals surface area contributed by atoms with E-state index in [1.165, 1.54) is 6.33 Å². The number of aryl methyl sites for hydroxylation is 1. The zero-order valence-electron chi connectivity index (χ0n) is 19.4. The first-order valence-electron chi connectivity index (χ1n) is 12.2. The van der Waals surface area contributed by atoms with Crippen LogP contribution < -0.4 is 10.6 Å². The number of carbonyl (C=O) groups is 1. The van der Waals surface area contributed by atoms with Gasteiger partial charge in [-0.1, -0.05) is 12.1 Å². The lowest BCUT2D eigenvalue weighted by molar-refractivity contribution is -0.122. The van der Waals surface area contributed by atoms with Crippen LogP contribution in [0.3, 0.4) is 0 Å². The second-order valence-electron chi connectivity index (χ2n) is 9.19. The first kappa shape index (κ1) is 22.4. The molecular formula is C26H31N7O. The second kappa shape index (κ2) is 10.7. The molecule has 3 aromatic rings. The van der Waals surface area contributed by atoms with Crippen molar-refractivity contribution in [1.82, 2.24) is 30.2 Å². The minimum Gasteiger partial charge on any atom is -0.356 e. The molecule has 8 heteroatoms. The smallest absolute Gasteiger partial charge is 0.230 e. The zero-order valence-corrected chi connectivity index (χ0v) is 19.4. The van der Waals surface area contributed by atoms with E-state index in [0.717, 1.165) is 74.2 Å². The van der Waals surface area contributed by atoms with Gasteiger partial charge in [-0.05, 0) is 87.5 Å². The Kier molecular flexibility index (Phi) is 7.05. The maximum absolute atomic E-state index is 12.5. The third kappa shape index (κ3) is 5.94. The summed E-state index contributed by atoms with van der Waals surface area (Å²) in [5.41, 5.74) is 4.05. The monoisotopic (exact) mass is 457 g/mol. The third-order valence-electron chi connectivity index (χ3n) is 6.65. The average molecular weight is 458 g/mol. The topological polar surface area (TPSA) is 95.9 Å². The second-order valence-corrected chi connectivity index (χ2v) is 9.19. The molecule has 1 saturated heterocycles. The van der Waals surface area contributed by atoms with Crippen LogP contribution >= 0.6 is 0 Å². The Morgan fingerprint density at radius 2 is 1.88 bits per heavy atom. The number of nitrogens with zero attached hydrogens (tertiary/aromatic N) is 5. The highest BCUT2D eigenvalue weighted by Crippen LogP contribution is 2.22. The molecule has 3 aliphatic heterocycles. The Bertz CT molecular complexity index is 1130. The number of hydrogen-bond donors (Lipinski definition) is 2. The number of rotatable bonds is 0. The summed E-state index contributed by atoms with van der Waals surface area (Å²) >= 11 is 0. The molecule has 0 aliphatic carbocycles. The fraction of sp³-hybridized carbons (Fsp3) is 0.423. The molecule has 1 aromatic carbocycles. The van der Waals surface area contributed by atoms with E-state index in [1.54, 1.807) is 0 Å². The number of amides is 1. The van der Waals surface area contributed by atoms with Crippen LogP contribution in [-0.2, 0) is 17.6 Å². The van der Waals surface area contributed by atoms with Crippen molar-refractivity contribution in [2.45, 2.75) is 38.5 Å². The van der Waals surface area contributed by atoms with Gasteiger partial charge in [-0.3, -0.25) is 9.78 Å². The molecule has 5 heterocycles. The van der Waals surface area contributed by atoms with Crippen LogP contribution in [0.4, 0.5) is 11.6 Å². The van der Waals surface area contributed by atoms with Gasteiger partial charge in [0.2, 0.25) is 11.9 Å². The van der Waals surface area contributed by atoms with Crippen molar-refractivity contribution in [3.63, 3.8) is 0 Å². The Hall–Kier alpha value is -3.39. The molecule has 2 N–H and O–H groups in total. The maximum Gasteiger partial charge on any atom is 0.230 e. The highest BCUT2D eigenvalue weighted by atomic mass is 16.1. The SMILES string of the molecule is O=C1CC2CCN(CCCc3cc(ccn3)-c3ncnc(n3)Nc3cccc(c3)CCN1)CC2. The lowest BCUT2D eigenvalue weighted by Crippen LogP contribution is -2.36. The number of carbonyl (C=O) groups excluding carboxylic acids is 1. The van der Waals surface area contributed by atoms with E-state index in [1.807, 2.05) is 24.4 Å². The fourth-order valence-electron chi connectivity index (χ4n) is 4.76. The van der Waals surface area contributed by atoms with E-state index in [0.29, 0.717) is 30.7 Å². The molecule has 34 heavy (non-hydrogen) atoms. The molecule has 3 aliphatic rings. The first-order chi connectivity index (χ1) is 16.7. The predicted octanol–water partition coefficient (Wildman–Crippen LogP) is 3.38. The van der Waals surface area contributed by atoms with Crippen LogP contribution in [0.15, 0.2) is 48.9 Å². The van der Waals surface area contributed by atoms with Gasteiger partial charge in [0, 0.05) is 36.1 Å². The quantitative estimate of drug-likeness (QED) is 0.534. The Labute approximate surface area is 200 Å². The van der Waals surface area contributed by atoms with Crippen LogP contribution in [0, 0.1) is 5.92 Å². The van der Waals surface area contributed by atoms with E-state index >= 15 is 0 Å². The van der Waals surface area contributed by atoms with Crippen molar-refractivity contribution in [2.75, 3.05) is 31.5 Å². The van der Waals surface area contributed by atoms with Gasteiger partial charge in [0.15, 0.2) is 5.82 Å². The molecule has 8 bridgehead atoms. The number of fused-ring (bicyclic) bond motifs is 8. The van der Waals surface area contributed by atoms with Crippen molar-refractivity contribution in [2.24, 2.45) is 5.92 Å². The van der Waals surface area contributed by atoms with Gasteiger partial charge in [-0.15, -0.1) is 0 Å². The maximum atomic E-state index is 12.5. The predicted molar refractivity (Wildman–Crippen MR) is 132 cm³/mol. The Balaban J connectivity index is 1.37. The van der Waals surface area contributed by atoms with E-state index < -0.39 is 0 Å². The molecule has 0 spiro atoms. The van der Waals surface area contributed by atoms with E-state index in [2.05, 4.69) is 53.7 Å². The van der Waals surface area contributed by atoms with Crippen molar-refractivity contribution in [3.05, 3.63) is 60.2 Å². The number of pyridine rings is 1. The summed E-state index contributed by atoms with van der Waals surface area (Å²) in [5, 5.41) is 6.39. The Morgan fingerprint density at radius 1 is 0.971 bits per heavy atom. The normalized spacial score (nSPS) is 21.5. The van der Waals surface area contributed by atoms with E-state index in [-0.39, 0.29) is 5.91 Å². The van der Waals surface area contributed by atoms with Crippen LogP contribution in [0.2, 0.25) is 0 Å². The molecule has 8 nitrogen and oxygen atoms in total. The summed E-state index contributed by atoms with van der Waals surface area (Å²) in [6, 6.07) is 12.2. The lowest BCUT2D eigenvalue weighted by atomic mass is 9.93. The summed E-state index contributed by atoms with van der Waals surface area (Å²) in [6.45, 7) is 3.83.